The predicted molar refractivity (Wildman–Crippen MR) is 82.0 cm³/mol. The third kappa shape index (κ3) is 2.48. The van der Waals surface area contributed by atoms with Gasteiger partial charge in [0, 0.05) is 19.3 Å². The van der Waals surface area contributed by atoms with Gasteiger partial charge < -0.3 is 10.0 Å². The Balaban J connectivity index is 2.02. The van der Waals surface area contributed by atoms with Crippen molar-refractivity contribution in [1.29, 1.82) is 0 Å². The molecule has 2 aromatic heterocycles. The number of rotatable bonds is 3. The van der Waals surface area contributed by atoms with Gasteiger partial charge in [0.15, 0.2) is 11.5 Å². The van der Waals surface area contributed by atoms with Gasteiger partial charge in [-0.15, -0.1) is 0 Å². The van der Waals surface area contributed by atoms with E-state index in [9.17, 15) is 9.90 Å². The van der Waals surface area contributed by atoms with E-state index in [0.717, 1.165) is 12.8 Å². The number of carbonyl (C=O) groups is 1. The smallest absolute Gasteiger partial charge is 0.356 e. The second kappa shape index (κ2) is 5.39. The summed E-state index contributed by atoms with van der Waals surface area (Å²) >= 11 is 0. The van der Waals surface area contributed by atoms with Gasteiger partial charge in [-0.1, -0.05) is 25.8 Å². The molecule has 0 aromatic carbocycles. The van der Waals surface area contributed by atoms with Crippen molar-refractivity contribution in [1.82, 2.24) is 9.38 Å². The van der Waals surface area contributed by atoms with Gasteiger partial charge >= 0.3 is 5.97 Å². The zero-order valence-electron chi connectivity index (χ0n) is 12.5. The van der Waals surface area contributed by atoms with Crippen LogP contribution in [0, 0.1) is 5.92 Å². The SMILES string of the molecule is CC1CCCC(N(C)c2nc3ccccn3c2C(=O)O)C1. The number of hydrogen-bond donors (Lipinski definition) is 1. The van der Waals surface area contributed by atoms with Gasteiger partial charge in [-0.2, -0.15) is 0 Å². The van der Waals surface area contributed by atoms with Gasteiger partial charge in [0.2, 0.25) is 0 Å². The first kappa shape index (κ1) is 13.9. The molecular weight excluding hydrogens is 266 g/mol. The van der Waals surface area contributed by atoms with Crippen LogP contribution in [0.15, 0.2) is 24.4 Å². The zero-order chi connectivity index (χ0) is 15.0. The second-order valence-electron chi connectivity index (χ2n) is 6.05. The minimum atomic E-state index is -0.931. The number of imidazole rings is 1. The van der Waals surface area contributed by atoms with Crippen LogP contribution in [0.4, 0.5) is 5.82 Å². The fraction of sp³-hybridized carbons (Fsp3) is 0.500. The third-order valence-electron chi connectivity index (χ3n) is 4.50. The maximum absolute atomic E-state index is 11.7. The van der Waals surface area contributed by atoms with Gasteiger partial charge in [0.25, 0.3) is 0 Å². The largest absolute Gasteiger partial charge is 0.476 e. The minimum Gasteiger partial charge on any atom is -0.476 e. The van der Waals surface area contributed by atoms with Crippen molar-refractivity contribution in [2.45, 2.75) is 38.6 Å². The number of aromatic nitrogens is 2. The highest BCUT2D eigenvalue weighted by Crippen LogP contribution is 2.31. The van der Waals surface area contributed by atoms with Crippen LogP contribution < -0.4 is 4.90 Å². The fourth-order valence-corrected chi connectivity index (χ4v) is 3.35. The van der Waals surface area contributed by atoms with Crippen LogP contribution >= 0.6 is 0 Å². The molecule has 1 N–H and O–H groups in total. The third-order valence-corrected chi connectivity index (χ3v) is 4.50. The molecule has 1 aliphatic carbocycles. The van der Waals surface area contributed by atoms with Crippen LogP contribution in [0.1, 0.15) is 43.1 Å². The van der Waals surface area contributed by atoms with Crippen LogP contribution in [0.2, 0.25) is 0 Å². The second-order valence-corrected chi connectivity index (χ2v) is 6.05. The van der Waals surface area contributed by atoms with Crippen molar-refractivity contribution >= 4 is 17.4 Å². The van der Waals surface area contributed by atoms with Gasteiger partial charge in [0.1, 0.15) is 5.65 Å². The Morgan fingerprint density at radius 3 is 2.95 bits per heavy atom. The van der Waals surface area contributed by atoms with Crippen LogP contribution in [-0.2, 0) is 0 Å². The van der Waals surface area contributed by atoms with Crippen LogP contribution in [0.25, 0.3) is 5.65 Å². The van der Waals surface area contributed by atoms with E-state index in [0.29, 0.717) is 23.4 Å². The number of pyridine rings is 1. The summed E-state index contributed by atoms with van der Waals surface area (Å²) in [5.74, 6) is 0.337. The number of carboxylic acids is 1. The zero-order valence-corrected chi connectivity index (χ0v) is 12.5. The summed E-state index contributed by atoms with van der Waals surface area (Å²) in [6.07, 6.45) is 6.43. The summed E-state index contributed by atoms with van der Waals surface area (Å²) in [5, 5.41) is 9.56. The van der Waals surface area contributed by atoms with Gasteiger partial charge in [0.05, 0.1) is 0 Å². The van der Waals surface area contributed by atoms with E-state index in [4.69, 9.17) is 0 Å². The number of fused-ring (bicyclic) bond motifs is 1. The Kier molecular flexibility index (Phi) is 3.57. The molecule has 5 nitrogen and oxygen atoms in total. The van der Waals surface area contributed by atoms with E-state index >= 15 is 0 Å². The Bertz CT molecular complexity index is 665. The van der Waals surface area contributed by atoms with Gasteiger partial charge in [-0.25, -0.2) is 9.78 Å². The number of hydrogen-bond acceptors (Lipinski definition) is 3. The van der Waals surface area contributed by atoms with E-state index in [2.05, 4.69) is 16.8 Å². The molecule has 0 saturated heterocycles. The van der Waals surface area contributed by atoms with Crippen molar-refractivity contribution in [3.8, 4) is 0 Å². The fourth-order valence-electron chi connectivity index (χ4n) is 3.35. The molecule has 0 amide bonds. The molecule has 0 bridgehead atoms. The predicted octanol–water partition coefficient (Wildman–Crippen LogP) is 3.05. The normalized spacial score (nSPS) is 22.4. The molecule has 3 rings (SSSR count). The average Bonchev–Trinajstić information content (AvgIpc) is 2.85. The van der Waals surface area contributed by atoms with E-state index in [1.165, 1.54) is 12.8 Å². The topological polar surface area (TPSA) is 57.8 Å². The summed E-state index contributed by atoms with van der Waals surface area (Å²) in [4.78, 5) is 18.3. The highest BCUT2D eigenvalue weighted by molar-refractivity contribution is 5.93. The Labute approximate surface area is 124 Å². The van der Waals surface area contributed by atoms with Gasteiger partial charge in [-0.3, -0.25) is 4.40 Å². The maximum atomic E-state index is 11.7. The van der Waals surface area contributed by atoms with Crippen molar-refractivity contribution in [3.63, 3.8) is 0 Å². The van der Waals surface area contributed by atoms with Gasteiger partial charge in [-0.05, 0) is 30.9 Å². The summed E-state index contributed by atoms with van der Waals surface area (Å²) < 4.78 is 1.65. The molecular formula is C16H21N3O2. The van der Waals surface area contributed by atoms with E-state index < -0.39 is 5.97 Å². The lowest BCUT2D eigenvalue weighted by Gasteiger charge is -2.34. The summed E-state index contributed by atoms with van der Waals surface area (Å²) in [6, 6.07) is 5.91. The number of aromatic carboxylic acids is 1. The summed E-state index contributed by atoms with van der Waals surface area (Å²) in [5.41, 5.74) is 0.937. The molecule has 1 aliphatic rings. The first-order valence-corrected chi connectivity index (χ1v) is 7.51. The standard InChI is InChI=1S/C16H21N3O2/c1-11-6-5-7-12(10-11)18(2)15-14(16(20)21)19-9-4-3-8-13(19)17-15/h3-4,8-9,11-12H,5-7,10H2,1-2H3,(H,20,21). The monoisotopic (exact) mass is 287 g/mol. The molecule has 1 saturated carbocycles. The first-order chi connectivity index (χ1) is 10.1. The number of carboxylic acid groups (broad SMARTS) is 1. The van der Waals surface area contributed by atoms with Crippen molar-refractivity contribution in [2.75, 3.05) is 11.9 Å². The number of nitrogens with zero attached hydrogens (tertiary/aromatic N) is 3. The lowest BCUT2D eigenvalue weighted by Crippen LogP contribution is -2.36. The first-order valence-electron chi connectivity index (χ1n) is 7.51. The van der Waals surface area contributed by atoms with E-state index in [1.54, 1.807) is 10.6 Å². The molecule has 0 radical (unpaired) electrons. The van der Waals surface area contributed by atoms with Crippen molar-refractivity contribution < 1.29 is 9.90 Å². The van der Waals surface area contributed by atoms with Crippen molar-refractivity contribution in [3.05, 3.63) is 30.1 Å². The molecule has 2 heterocycles. The summed E-state index contributed by atoms with van der Waals surface area (Å²) in [6.45, 7) is 2.27. The molecule has 112 valence electrons. The molecule has 2 aromatic rings. The summed E-state index contributed by atoms with van der Waals surface area (Å²) in [7, 11) is 1.97. The Morgan fingerprint density at radius 2 is 2.24 bits per heavy atom. The van der Waals surface area contributed by atoms with Crippen LogP contribution in [-0.4, -0.2) is 33.6 Å². The average molecular weight is 287 g/mol. The molecule has 5 heteroatoms. The van der Waals surface area contributed by atoms with E-state index in [-0.39, 0.29) is 5.69 Å². The lowest BCUT2D eigenvalue weighted by atomic mass is 9.86. The van der Waals surface area contributed by atoms with Crippen LogP contribution in [0.5, 0.6) is 0 Å². The number of anilines is 1. The molecule has 0 aliphatic heterocycles. The molecule has 1 fully saturated rings. The minimum absolute atomic E-state index is 0.256. The maximum Gasteiger partial charge on any atom is 0.356 e. The lowest BCUT2D eigenvalue weighted by molar-refractivity contribution is 0.0690. The molecule has 2 unspecified atom stereocenters. The highest BCUT2D eigenvalue weighted by atomic mass is 16.4. The van der Waals surface area contributed by atoms with Crippen LogP contribution in [0.3, 0.4) is 0 Å². The molecule has 21 heavy (non-hydrogen) atoms. The highest BCUT2D eigenvalue weighted by Gasteiger charge is 2.28. The Hall–Kier alpha value is -2.04. The van der Waals surface area contributed by atoms with E-state index in [1.807, 2.05) is 25.2 Å². The molecule has 0 spiro atoms. The molecule has 2 atom stereocenters. The quantitative estimate of drug-likeness (QED) is 0.942. The Morgan fingerprint density at radius 1 is 1.43 bits per heavy atom. The van der Waals surface area contributed by atoms with Crippen molar-refractivity contribution in [2.24, 2.45) is 5.92 Å².